The van der Waals surface area contributed by atoms with Crippen molar-refractivity contribution in [1.82, 2.24) is 10.1 Å². The quantitative estimate of drug-likeness (QED) is 0.831. The second-order valence-corrected chi connectivity index (χ2v) is 4.15. The summed E-state index contributed by atoms with van der Waals surface area (Å²) >= 11 is 0. The number of hydrogen-bond donors (Lipinski definition) is 1. The molecule has 1 aliphatic rings. The molecule has 0 radical (unpaired) electrons. The zero-order chi connectivity index (χ0) is 12.1. The molecule has 1 fully saturated rings. The Labute approximate surface area is 99.2 Å². The summed E-state index contributed by atoms with van der Waals surface area (Å²) in [6, 6.07) is 1.90. The van der Waals surface area contributed by atoms with Gasteiger partial charge in [-0.1, -0.05) is 5.16 Å². The number of aliphatic hydroxyl groups excluding tert-OH is 1. The second-order valence-electron chi connectivity index (χ2n) is 4.15. The first-order chi connectivity index (χ1) is 8.29. The molecule has 0 bridgehead atoms. The fourth-order valence-corrected chi connectivity index (χ4v) is 1.85. The van der Waals surface area contributed by atoms with Crippen LogP contribution in [0.15, 0.2) is 4.52 Å². The van der Waals surface area contributed by atoms with E-state index in [0.717, 1.165) is 26.1 Å². The number of nitrogens with zero attached hydrogens (tertiary/aromatic N) is 3. The van der Waals surface area contributed by atoms with Gasteiger partial charge in [0, 0.05) is 19.1 Å². The summed E-state index contributed by atoms with van der Waals surface area (Å²) in [5, 5.41) is 21.8. The molecule has 1 N–H and O–H groups in total. The number of rotatable bonds is 4. The van der Waals surface area contributed by atoms with Crippen molar-refractivity contribution in [2.45, 2.75) is 37.7 Å². The van der Waals surface area contributed by atoms with Crippen LogP contribution in [0.3, 0.4) is 0 Å². The Hall–Kier alpha value is -1.45. The summed E-state index contributed by atoms with van der Waals surface area (Å²) < 4.78 is 10.3. The van der Waals surface area contributed by atoms with E-state index in [-0.39, 0.29) is 18.8 Å². The fraction of sp³-hybridized carbons (Fsp3) is 0.727. The molecule has 17 heavy (non-hydrogen) atoms. The third-order valence-electron chi connectivity index (χ3n) is 2.81. The normalized spacial score (nSPS) is 18.8. The van der Waals surface area contributed by atoms with Gasteiger partial charge in [-0.3, -0.25) is 0 Å². The Morgan fingerprint density at radius 1 is 1.47 bits per heavy atom. The minimum atomic E-state index is -0.733. The van der Waals surface area contributed by atoms with Crippen molar-refractivity contribution < 1.29 is 14.4 Å². The molecule has 0 aromatic carbocycles. The molecule has 0 aliphatic carbocycles. The van der Waals surface area contributed by atoms with E-state index >= 15 is 0 Å². The molecular formula is C11H15N3O3. The lowest BCUT2D eigenvalue weighted by molar-refractivity contribution is 0.0830. The molecule has 1 saturated heterocycles. The van der Waals surface area contributed by atoms with E-state index < -0.39 is 6.10 Å². The van der Waals surface area contributed by atoms with Crippen molar-refractivity contribution in [3.05, 3.63) is 11.7 Å². The third kappa shape index (κ3) is 3.25. The summed E-state index contributed by atoms with van der Waals surface area (Å²) in [7, 11) is 0. The summed E-state index contributed by atoms with van der Waals surface area (Å²) in [4.78, 5) is 4.25. The molecule has 1 aromatic rings. The Morgan fingerprint density at radius 3 is 2.94 bits per heavy atom. The Morgan fingerprint density at radius 2 is 2.24 bits per heavy atom. The van der Waals surface area contributed by atoms with Gasteiger partial charge in [-0.25, -0.2) is 0 Å². The van der Waals surface area contributed by atoms with E-state index in [9.17, 15) is 5.11 Å². The Bertz CT molecular complexity index is 393. The second kappa shape index (κ2) is 5.75. The first kappa shape index (κ1) is 12.0. The van der Waals surface area contributed by atoms with Crippen LogP contribution in [0.2, 0.25) is 0 Å². The molecule has 0 spiro atoms. The van der Waals surface area contributed by atoms with Gasteiger partial charge in [0.15, 0.2) is 5.82 Å². The van der Waals surface area contributed by atoms with Crippen LogP contribution in [0, 0.1) is 11.3 Å². The highest BCUT2D eigenvalue weighted by Gasteiger charge is 2.21. The minimum Gasteiger partial charge on any atom is -0.392 e. The largest absolute Gasteiger partial charge is 0.392 e. The van der Waals surface area contributed by atoms with Crippen LogP contribution >= 0.6 is 0 Å². The first-order valence-corrected chi connectivity index (χ1v) is 5.75. The zero-order valence-corrected chi connectivity index (χ0v) is 9.50. The van der Waals surface area contributed by atoms with Crippen LogP contribution in [0.1, 0.15) is 36.9 Å². The zero-order valence-electron chi connectivity index (χ0n) is 9.50. The smallest absolute Gasteiger partial charge is 0.229 e. The topological polar surface area (TPSA) is 92.2 Å². The molecule has 1 unspecified atom stereocenters. The summed E-state index contributed by atoms with van der Waals surface area (Å²) in [6.45, 7) is 1.46. The average molecular weight is 237 g/mol. The van der Waals surface area contributed by atoms with E-state index in [2.05, 4.69) is 10.1 Å². The molecule has 0 saturated carbocycles. The molecule has 1 atom stereocenters. The molecule has 6 nitrogen and oxygen atoms in total. The van der Waals surface area contributed by atoms with E-state index in [1.54, 1.807) is 0 Å². The van der Waals surface area contributed by atoms with Crippen molar-refractivity contribution in [3.63, 3.8) is 0 Å². The van der Waals surface area contributed by atoms with Gasteiger partial charge >= 0.3 is 0 Å². The molecule has 2 heterocycles. The average Bonchev–Trinajstić information content (AvgIpc) is 2.79. The van der Waals surface area contributed by atoms with Crippen molar-refractivity contribution in [2.24, 2.45) is 0 Å². The van der Waals surface area contributed by atoms with Gasteiger partial charge in [0.2, 0.25) is 5.89 Å². The molecule has 2 rings (SSSR count). The molecule has 0 amide bonds. The summed E-state index contributed by atoms with van der Waals surface area (Å²) in [6.07, 6.45) is 1.39. The predicted octanol–water partition coefficient (Wildman–Crippen LogP) is 0.781. The molecular weight excluding hydrogens is 222 g/mol. The SMILES string of the molecule is N#CCC(O)Cc1nc(C2CCOCC2)no1. The van der Waals surface area contributed by atoms with Gasteiger partial charge in [-0.15, -0.1) is 0 Å². The minimum absolute atomic E-state index is 0.0784. The molecule has 1 aromatic heterocycles. The lowest BCUT2D eigenvalue weighted by Gasteiger charge is -2.18. The van der Waals surface area contributed by atoms with Crippen molar-refractivity contribution >= 4 is 0 Å². The first-order valence-electron chi connectivity index (χ1n) is 5.75. The maximum Gasteiger partial charge on any atom is 0.229 e. The third-order valence-corrected chi connectivity index (χ3v) is 2.81. The van der Waals surface area contributed by atoms with E-state index in [1.807, 2.05) is 6.07 Å². The van der Waals surface area contributed by atoms with E-state index in [0.29, 0.717) is 11.7 Å². The van der Waals surface area contributed by atoms with E-state index in [1.165, 1.54) is 0 Å². The van der Waals surface area contributed by atoms with Gasteiger partial charge < -0.3 is 14.4 Å². The maximum absolute atomic E-state index is 9.45. The summed E-state index contributed by atoms with van der Waals surface area (Å²) in [5.74, 6) is 1.37. The van der Waals surface area contributed by atoms with Gasteiger partial charge in [0.25, 0.3) is 0 Å². The van der Waals surface area contributed by atoms with Crippen molar-refractivity contribution in [1.29, 1.82) is 5.26 Å². The maximum atomic E-state index is 9.45. The van der Waals surface area contributed by atoms with E-state index in [4.69, 9.17) is 14.5 Å². The lowest BCUT2D eigenvalue weighted by Crippen LogP contribution is -2.15. The molecule has 92 valence electrons. The highest BCUT2D eigenvalue weighted by atomic mass is 16.5. The molecule has 6 heteroatoms. The van der Waals surface area contributed by atoms with Gasteiger partial charge in [0.1, 0.15) is 0 Å². The van der Waals surface area contributed by atoms with Crippen molar-refractivity contribution in [2.75, 3.05) is 13.2 Å². The van der Waals surface area contributed by atoms with Crippen LogP contribution in [-0.4, -0.2) is 34.6 Å². The number of hydrogen-bond acceptors (Lipinski definition) is 6. The Kier molecular flexibility index (Phi) is 4.07. The van der Waals surface area contributed by atoms with Gasteiger partial charge in [-0.2, -0.15) is 10.2 Å². The molecule has 1 aliphatic heterocycles. The number of nitriles is 1. The Balaban J connectivity index is 1.93. The fourth-order valence-electron chi connectivity index (χ4n) is 1.85. The standard InChI is InChI=1S/C11H15N3O3/c12-4-1-9(15)7-10-13-11(14-17-10)8-2-5-16-6-3-8/h8-9,15H,1-3,5-7H2. The van der Waals surface area contributed by atoms with Crippen LogP contribution in [-0.2, 0) is 11.2 Å². The van der Waals surface area contributed by atoms with Crippen LogP contribution in [0.4, 0.5) is 0 Å². The number of aromatic nitrogens is 2. The number of ether oxygens (including phenoxy) is 1. The van der Waals surface area contributed by atoms with Crippen LogP contribution in [0.5, 0.6) is 0 Å². The van der Waals surface area contributed by atoms with Crippen LogP contribution < -0.4 is 0 Å². The van der Waals surface area contributed by atoms with Gasteiger partial charge in [0.05, 0.1) is 25.0 Å². The van der Waals surface area contributed by atoms with Crippen LogP contribution in [0.25, 0.3) is 0 Å². The predicted molar refractivity (Wildman–Crippen MR) is 57.0 cm³/mol. The van der Waals surface area contributed by atoms with Gasteiger partial charge in [-0.05, 0) is 12.8 Å². The lowest BCUT2D eigenvalue weighted by atomic mass is 10.00. The van der Waals surface area contributed by atoms with Crippen molar-refractivity contribution in [3.8, 4) is 6.07 Å². The highest BCUT2D eigenvalue weighted by molar-refractivity contribution is 4.97. The monoisotopic (exact) mass is 237 g/mol. The highest BCUT2D eigenvalue weighted by Crippen LogP contribution is 2.24. The summed E-state index contributed by atoms with van der Waals surface area (Å²) in [5.41, 5.74) is 0. The number of aliphatic hydroxyl groups is 1.